The molecule has 140 valence electrons. The summed E-state index contributed by atoms with van der Waals surface area (Å²) in [5.41, 5.74) is 3.20. The molecule has 0 radical (unpaired) electrons. The number of aliphatic carboxylic acids is 1. The number of hydrogen-bond donors (Lipinski definition) is 1. The highest BCUT2D eigenvalue weighted by Crippen LogP contribution is 2.33. The number of carboxylic acids is 1. The van der Waals surface area contributed by atoms with E-state index in [4.69, 9.17) is 14.6 Å². The summed E-state index contributed by atoms with van der Waals surface area (Å²) < 4.78 is 11.9. The number of para-hydroxylation sites is 2. The molecule has 0 heterocycles. The van der Waals surface area contributed by atoms with Crippen molar-refractivity contribution in [3.63, 3.8) is 0 Å². The molecular weight excluding hydrogens is 328 g/mol. The third kappa shape index (κ3) is 5.51. The lowest BCUT2D eigenvalue weighted by molar-refractivity contribution is -0.136. The largest absolute Gasteiger partial charge is 0.490 e. The fourth-order valence-corrected chi connectivity index (χ4v) is 2.82. The van der Waals surface area contributed by atoms with E-state index in [1.807, 2.05) is 37.3 Å². The van der Waals surface area contributed by atoms with Gasteiger partial charge in [0.2, 0.25) is 0 Å². The van der Waals surface area contributed by atoms with E-state index in [0.29, 0.717) is 19.6 Å². The standard InChI is InChI=1S/C22H28O4/c1-16-8-7-10-18(22(2,3)4)21(16)26-15-14-25-19-11-6-5-9-17(19)12-13-20(23)24/h5-11H,12-15H2,1-4H3,(H,23,24). The van der Waals surface area contributed by atoms with Gasteiger partial charge in [-0.1, -0.05) is 57.2 Å². The fraction of sp³-hybridized carbons (Fsp3) is 0.409. The van der Waals surface area contributed by atoms with Gasteiger partial charge in [0.15, 0.2) is 0 Å². The minimum Gasteiger partial charge on any atom is -0.490 e. The monoisotopic (exact) mass is 356 g/mol. The molecule has 4 nitrogen and oxygen atoms in total. The first-order chi connectivity index (χ1) is 12.3. The summed E-state index contributed by atoms with van der Waals surface area (Å²) >= 11 is 0. The van der Waals surface area contributed by atoms with Crippen LogP contribution in [-0.2, 0) is 16.6 Å². The van der Waals surface area contributed by atoms with Gasteiger partial charge >= 0.3 is 5.97 Å². The van der Waals surface area contributed by atoms with E-state index in [-0.39, 0.29) is 11.8 Å². The van der Waals surface area contributed by atoms with Crippen molar-refractivity contribution in [1.29, 1.82) is 0 Å². The smallest absolute Gasteiger partial charge is 0.303 e. The topological polar surface area (TPSA) is 55.8 Å². The van der Waals surface area contributed by atoms with E-state index in [9.17, 15) is 4.79 Å². The summed E-state index contributed by atoms with van der Waals surface area (Å²) in [7, 11) is 0. The van der Waals surface area contributed by atoms with Gasteiger partial charge in [-0.2, -0.15) is 0 Å². The van der Waals surface area contributed by atoms with Crippen molar-refractivity contribution in [3.05, 3.63) is 59.2 Å². The van der Waals surface area contributed by atoms with E-state index < -0.39 is 5.97 Å². The zero-order valence-electron chi connectivity index (χ0n) is 16.0. The minimum atomic E-state index is -0.808. The molecule has 0 spiro atoms. The molecule has 0 atom stereocenters. The number of carbonyl (C=O) groups is 1. The number of aryl methyl sites for hydroxylation is 2. The van der Waals surface area contributed by atoms with Crippen molar-refractivity contribution in [1.82, 2.24) is 0 Å². The molecule has 2 rings (SSSR count). The van der Waals surface area contributed by atoms with Crippen LogP contribution in [-0.4, -0.2) is 24.3 Å². The molecule has 0 fully saturated rings. The van der Waals surface area contributed by atoms with Gasteiger partial charge in [0.05, 0.1) is 0 Å². The number of hydrogen-bond acceptors (Lipinski definition) is 3. The van der Waals surface area contributed by atoms with Crippen LogP contribution in [0.5, 0.6) is 11.5 Å². The first-order valence-corrected chi connectivity index (χ1v) is 8.94. The van der Waals surface area contributed by atoms with Crippen LogP contribution in [0.4, 0.5) is 0 Å². The molecule has 0 bridgehead atoms. The molecule has 26 heavy (non-hydrogen) atoms. The zero-order valence-corrected chi connectivity index (χ0v) is 16.0. The number of benzene rings is 2. The van der Waals surface area contributed by atoms with Gasteiger partial charge in [-0.3, -0.25) is 4.79 Å². The van der Waals surface area contributed by atoms with Crippen LogP contribution in [0.15, 0.2) is 42.5 Å². The Morgan fingerprint density at radius 1 is 1.00 bits per heavy atom. The Morgan fingerprint density at radius 2 is 1.69 bits per heavy atom. The lowest BCUT2D eigenvalue weighted by Gasteiger charge is -2.24. The Kier molecular flexibility index (Phi) is 6.67. The molecule has 0 aromatic heterocycles. The van der Waals surface area contributed by atoms with E-state index in [2.05, 4.69) is 32.9 Å². The molecule has 1 N–H and O–H groups in total. The van der Waals surface area contributed by atoms with E-state index in [0.717, 1.165) is 22.6 Å². The second-order valence-corrected chi connectivity index (χ2v) is 7.40. The van der Waals surface area contributed by atoms with Crippen LogP contribution in [0, 0.1) is 6.92 Å². The van der Waals surface area contributed by atoms with E-state index in [1.165, 1.54) is 5.56 Å². The average molecular weight is 356 g/mol. The molecule has 2 aromatic rings. The summed E-state index contributed by atoms with van der Waals surface area (Å²) in [6.07, 6.45) is 0.549. The Morgan fingerprint density at radius 3 is 2.38 bits per heavy atom. The van der Waals surface area contributed by atoms with Crippen LogP contribution in [0.1, 0.15) is 43.9 Å². The average Bonchev–Trinajstić information content (AvgIpc) is 2.57. The first-order valence-electron chi connectivity index (χ1n) is 8.94. The summed E-state index contributed by atoms with van der Waals surface area (Å²) in [6, 6.07) is 13.8. The Bertz CT molecular complexity index is 744. The fourth-order valence-electron chi connectivity index (χ4n) is 2.82. The SMILES string of the molecule is Cc1cccc(C(C)(C)C)c1OCCOc1ccccc1CCC(=O)O. The van der Waals surface area contributed by atoms with Gasteiger partial charge in [-0.05, 0) is 41.5 Å². The van der Waals surface area contributed by atoms with Crippen LogP contribution in [0.2, 0.25) is 0 Å². The maximum Gasteiger partial charge on any atom is 0.303 e. The van der Waals surface area contributed by atoms with Gasteiger partial charge in [0.25, 0.3) is 0 Å². The van der Waals surface area contributed by atoms with Gasteiger partial charge in [-0.25, -0.2) is 0 Å². The molecule has 0 saturated heterocycles. The molecule has 0 saturated carbocycles. The normalized spacial score (nSPS) is 11.2. The highest BCUT2D eigenvalue weighted by atomic mass is 16.5. The molecule has 0 unspecified atom stereocenters. The second-order valence-electron chi connectivity index (χ2n) is 7.40. The van der Waals surface area contributed by atoms with Gasteiger partial charge in [-0.15, -0.1) is 0 Å². The molecule has 0 amide bonds. The third-order valence-electron chi connectivity index (χ3n) is 4.19. The highest BCUT2D eigenvalue weighted by molar-refractivity contribution is 5.67. The Hall–Kier alpha value is -2.49. The number of ether oxygens (including phenoxy) is 2. The molecule has 4 heteroatoms. The number of carboxylic acid groups (broad SMARTS) is 1. The molecule has 0 aliphatic rings. The second kappa shape index (κ2) is 8.75. The molecule has 0 aliphatic heterocycles. The van der Waals surface area contributed by atoms with Crippen molar-refractivity contribution in [2.75, 3.05) is 13.2 Å². The summed E-state index contributed by atoms with van der Waals surface area (Å²) in [5.74, 6) is 0.832. The van der Waals surface area contributed by atoms with Gasteiger partial charge < -0.3 is 14.6 Å². The Labute approximate surface area is 155 Å². The Balaban J connectivity index is 1.97. The predicted octanol–water partition coefficient (Wildman–Crippen LogP) is 4.77. The van der Waals surface area contributed by atoms with Crippen molar-refractivity contribution in [2.24, 2.45) is 0 Å². The number of rotatable bonds is 8. The maximum absolute atomic E-state index is 10.8. The molecule has 2 aromatic carbocycles. The quantitative estimate of drug-likeness (QED) is 0.692. The van der Waals surface area contributed by atoms with E-state index in [1.54, 1.807) is 0 Å². The lowest BCUT2D eigenvalue weighted by Crippen LogP contribution is -2.17. The van der Waals surface area contributed by atoms with Crippen molar-refractivity contribution in [3.8, 4) is 11.5 Å². The first kappa shape index (κ1) is 19.8. The van der Waals surface area contributed by atoms with Gasteiger partial charge in [0, 0.05) is 6.42 Å². The van der Waals surface area contributed by atoms with Crippen LogP contribution in [0.3, 0.4) is 0 Å². The van der Waals surface area contributed by atoms with Crippen molar-refractivity contribution < 1.29 is 19.4 Å². The van der Waals surface area contributed by atoms with Crippen molar-refractivity contribution >= 4 is 5.97 Å². The highest BCUT2D eigenvalue weighted by Gasteiger charge is 2.20. The lowest BCUT2D eigenvalue weighted by atomic mass is 9.85. The van der Waals surface area contributed by atoms with Crippen LogP contribution < -0.4 is 9.47 Å². The maximum atomic E-state index is 10.8. The zero-order chi connectivity index (χ0) is 19.2. The summed E-state index contributed by atoms with van der Waals surface area (Å²) in [6.45, 7) is 9.40. The van der Waals surface area contributed by atoms with E-state index >= 15 is 0 Å². The van der Waals surface area contributed by atoms with Crippen molar-refractivity contribution in [2.45, 2.75) is 46.0 Å². The summed E-state index contributed by atoms with van der Waals surface area (Å²) in [4.78, 5) is 10.8. The van der Waals surface area contributed by atoms with Gasteiger partial charge in [0.1, 0.15) is 24.7 Å². The molecule has 0 aliphatic carbocycles. The summed E-state index contributed by atoms with van der Waals surface area (Å²) in [5, 5.41) is 8.86. The third-order valence-corrected chi connectivity index (χ3v) is 4.19. The molecular formula is C22H28O4. The van der Waals surface area contributed by atoms with Crippen LogP contribution in [0.25, 0.3) is 0 Å². The predicted molar refractivity (Wildman–Crippen MR) is 103 cm³/mol. The minimum absolute atomic E-state index is 0.00560. The van der Waals surface area contributed by atoms with Crippen LogP contribution >= 0.6 is 0 Å².